The van der Waals surface area contributed by atoms with E-state index in [1.54, 1.807) is 12.1 Å². The number of hydrogen-bond acceptors (Lipinski definition) is 5. The second kappa shape index (κ2) is 9.30. The van der Waals surface area contributed by atoms with Crippen molar-refractivity contribution in [1.82, 2.24) is 9.97 Å². The van der Waals surface area contributed by atoms with Gasteiger partial charge in [0.25, 0.3) is 5.88 Å². The maximum absolute atomic E-state index is 12.9. The second-order valence-corrected chi connectivity index (χ2v) is 7.91. The highest BCUT2D eigenvalue weighted by Crippen LogP contribution is 2.31. The van der Waals surface area contributed by atoms with Gasteiger partial charge < -0.3 is 15.0 Å². The molecule has 30 heavy (non-hydrogen) atoms. The van der Waals surface area contributed by atoms with Crippen LogP contribution in [0.15, 0.2) is 48.5 Å². The van der Waals surface area contributed by atoms with Crippen LogP contribution < -0.4 is 15.0 Å². The Morgan fingerprint density at radius 3 is 2.63 bits per heavy atom. The van der Waals surface area contributed by atoms with Crippen LogP contribution in [0.1, 0.15) is 26.2 Å². The van der Waals surface area contributed by atoms with Crippen molar-refractivity contribution in [2.45, 2.75) is 26.2 Å². The number of para-hydroxylation sites is 2. The maximum atomic E-state index is 12.9. The Morgan fingerprint density at radius 1 is 1.17 bits per heavy atom. The van der Waals surface area contributed by atoms with Gasteiger partial charge in [-0.05, 0) is 55.7 Å². The number of carbonyl (C=O) groups excluding carboxylic acids is 1. The number of carbonyl (C=O) groups is 1. The lowest BCUT2D eigenvalue weighted by Crippen LogP contribution is -2.41. The zero-order valence-corrected chi connectivity index (χ0v) is 17.7. The van der Waals surface area contributed by atoms with Gasteiger partial charge in [-0.25, -0.2) is 9.97 Å². The highest BCUT2D eigenvalue weighted by Gasteiger charge is 2.29. The Kier molecular flexibility index (Phi) is 6.33. The van der Waals surface area contributed by atoms with E-state index in [2.05, 4.69) is 17.1 Å². The zero-order valence-electron chi connectivity index (χ0n) is 17.0. The molecule has 6 nitrogen and oxygen atoms in total. The number of anilines is 2. The van der Waals surface area contributed by atoms with Gasteiger partial charge >= 0.3 is 0 Å². The number of amides is 1. The van der Waals surface area contributed by atoms with Gasteiger partial charge in [0.1, 0.15) is 0 Å². The lowest BCUT2D eigenvalue weighted by atomic mass is 9.97. The highest BCUT2D eigenvalue weighted by molar-refractivity contribution is 6.30. The number of aromatic nitrogens is 2. The summed E-state index contributed by atoms with van der Waals surface area (Å²) in [5, 5.41) is 3.64. The lowest BCUT2D eigenvalue weighted by molar-refractivity contribution is -0.120. The van der Waals surface area contributed by atoms with Crippen LogP contribution in [0.5, 0.6) is 5.88 Å². The van der Waals surface area contributed by atoms with Crippen LogP contribution in [-0.2, 0) is 4.79 Å². The predicted octanol–water partition coefficient (Wildman–Crippen LogP) is 4.93. The molecule has 0 saturated carbocycles. The smallest absolute Gasteiger partial charge is 0.258 e. The number of ether oxygens (including phenoxy) is 1. The third-order valence-electron chi connectivity index (χ3n) is 5.17. The van der Waals surface area contributed by atoms with Gasteiger partial charge in [0, 0.05) is 23.8 Å². The van der Waals surface area contributed by atoms with Gasteiger partial charge in [-0.15, -0.1) is 0 Å². The Hall–Kier alpha value is -2.86. The molecule has 1 aliphatic heterocycles. The van der Waals surface area contributed by atoms with Crippen molar-refractivity contribution in [3.8, 4) is 5.88 Å². The molecular weight excluding hydrogens is 400 g/mol. The Morgan fingerprint density at radius 2 is 1.90 bits per heavy atom. The Balaban J connectivity index is 1.55. The molecule has 7 heteroatoms. The summed E-state index contributed by atoms with van der Waals surface area (Å²) in [5.41, 5.74) is 2.38. The van der Waals surface area contributed by atoms with Gasteiger partial charge in [-0.1, -0.05) is 30.7 Å². The molecule has 1 aromatic heterocycles. The fourth-order valence-electron chi connectivity index (χ4n) is 3.64. The molecule has 156 valence electrons. The van der Waals surface area contributed by atoms with E-state index in [1.165, 1.54) is 0 Å². The van der Waals surface area contributed by atoms with Gasteiger partial charge in [-0.2, -0.15) is 0 Å². The summed E-state index contributed by atoms with van der Waals surface area (Å²) in [6.07, 6.45) is 2.63. The minimum absolute atomic E-state index is 0.00629. The van der Waals surface area contributed by atoms with E-state index in [1.807, 2.05) is 36.4 Å². The molecule has 0 radical (unpaired) electrons. The molecule has 1 fully saturated rings. The van der Waals surface area contributed by atoms with E-state index in [0.29, 0.717) is 29.9 Å². The molecule has 2 heterocycles. The van der Waals surface area contributed by atoms with Gasteiger partial charge in [0.2, 0.25) is 5.91 Å². The molecule has 1 atom stereocenters. The van der Waals surface area contributed by atoms with Gasteiger partial charge in [0.15, 0.2) is 5.82 Å². The van der Waals surface area contributed by atoms with E-state index in [4.69, 9.17) is 26.3 Å². The molecular formula is C23H25ClN4O2. The average molecular weight is 425 g/mol. The van der Waals surface area contributed by atoms with Gasteiger partial charge in [0.05, 0.1) is 23.6 Å². The van der Waals surface area contributed by atoms with Crippen LogP contribution in [0.4, 0.5) is 11.5 Å². The monoisotopic (exact) mass is 424 g/mol. The van der Waals surface area contributed by atoms with Crippen molar-refractivity contribution in [2.75, 3.05) is 29.9 Å². The minimum Gasteiger partial charge on any atom is -0.475 e. The summed E-state index contributed by atoms with van der Waals surface area (Å²) >= 11 is 5.93. The minimum atomic E-state index is -0.137. The first-order valence-electron chi connectivity index (χ1n) is 10.3. The van der Waals surface area contributed by atoms with Crippen LogP contribution in [-0.4, -0.2) is 35.6 Å². The van der Waals surface area contributed by atoms with E-state index in [9.17, 15) is 4.79 Å². The maximum Gasteiger partial charge on any atom is 0.258 e. The number of benzene rings is 2. The quantitative estimate of drug-likeness (QED) is 0.607. The van der Waals surface area contributed by atoms with Crippen molar-refractivity contribution in [1.29, 1.82) is 0 Å². The average Bonchev–Trinajstić information content (AvgIpc) is 2.78. The topological polar surface area (TPSA) is 67.4 Å². The fraction of sp³-hybridized carbons (Fsp3) is 0.348. The number of rotatable bonds is 6. The van der Waals surface area contributed by atoms with E-state index in [0.717, 1.165) is 42.5 Å². The summed E-state index contributed by atoms with van der Waals surface area (Å²) < 4.78 is 5.92. The summed E-state index contributed by atoms with van der Waals surface area (Å²) in [4.78, 5) is 24.5. The van der Waals surface area contributed by atoms with Crippen LogP contribution in [0, 0.1) is 5.92 Å². The fourth-order valence-corrected chi connectivity index (χ4v) is 3.76. The molecule has 1 aliphatic rings. The Bertz CT molecular complexity index is 1030. The molecule has 3 aromatic rings. The first-order chi connectivity index (χ1) is 14.6. The number of fused-ring (bicyclic) bond motifs is 1. The summed E-state index contributed by atoms with van der Waals surface area (Å²) in [6, 6.07) is 14.9. The van der Waals surface area contributed by atoms with Crippen LogP contribution in [0.25, 0.3) is 11.0 Å². The molecule has 1 N–H and O–H groups in total. The molecule has 0 spiro atoms. The second-order valence-electron chi connectivity index (χ2n) is 7.47. The van der Waals surface area contributed by atoms with Crippen molar-refractivity contribution >= 4 is 40.0 Å². The van der Waals surface area contributed by atoms with Crippen LogP contribution in [0.3, 0.4) is 0 Å². The third-order valence-corrected chi connectivity index (χ3v) is 5.42. The van der Waals surface area contributed by atoms with Crippen LogP contribution in [0.2, 0.25) is 5.02 Å². The normalized spacial score (nSPS) is 16.5. The van der Waals surface area contributed by atoms with E-state index >= 15 is 0 Å². The summed E-state index contributed by atoms with van der Waals surface area (Å²) in [5.74, 6) is 1.12. The third kappa shape index (κ3) is 4.65. The number of nitrogens with zero attached hydrogens (tertiary/aromatic N) is 3. The molecule has 1 saturated heterocycles. The highest BCUT2D eigenvalue weighted by atomic mass is 35.5. The van der Waals surface area contributed by atoms with Crippen molar-refractivity contribution < 1.29 is 9.53 Å². The summed E-state index contributed by atoms with van der Waals surface area (Å²) in [6.45, 7) is 4.04. The largest absolute Gasteiger partial charge is 0.475 e. The number of piperidine rings is 1. The summed E-state index contributed by atoms with van der Waals surface area (Å²) in [7, 11) is 0. The standard InChI is InChI=1S/C23H25ClN4O2/c1-2-14-30-23-21(26-19-7-3-4-8-20(19)27-23)28-13-5-6-16(15-28)22(29)25-18-11-9-17(24)10-12-18/h3-4,7-12,16H,2,5-6,13-15H2,1H3,(H,25,29)/t16-/m1/s1. The lowest BCUT2D eigenvalue weighted by Gasteiger charge is -2.33. The molecule has 2 aromatic carbocycles. The molecule has 0 bridgehead atoms. The molecule has 1 amide bonds. The number of nitrogens with one attached hydrogen (secondary N) is 1. The zero-order chi connectivity index (χ0) is 20.9. The van der Waals surface area contributed by atoms with Gasteiger partial charge in [-0.3, -0.25) is 4.79 Å². The molecule has 0 aliphatic carbocycles. The van der Waals surface area contributed by atoms with E-state index < -0.39 is 0 Å². The van der Waals surface area contributed by atoms with E-state index in [-0.39, 0.29) is 11.8 Å². The number of halogens is 1. The van der Waals surface area contributed by atoms with Crippen LogP contribution >= 0.6 is 11.6 Å². The van der Waals surface area contributed by atoms with Crippen molar-refractivity contribution in [3.05, 3.63) is 53.6 Å². The SMILES string of the molecule is CCCOc1nc2ccccc2nc1N1CCC[C@@H](C(=O)Nc2ccc(Cl)cc2)C1. The molecule has 0 unspecified atom stereocenters. The van der Waals surface area contributed by atoms with Crippen molar-refractivity contribution in [3.63, 3.8) is 0 Å². The first-order valence-corrected chi connectivity index (χ1v) is 10.7. The first kappa shape index (κ1) is 20.4. The Labute approximate surface area is 181 Å². The predicted molar refractivity (Wildman–Crippen MR) is 120 cm³/mol. The molecule has 4 rings (SSSR count). The van der Waals surface area contributed by atoms with Crippen molar-refractivity contribution in [2.24, 2.45) is 5.92 Å². The number of hydrogen-bond donors (Lipinski definition) is 1.